The second-order valence-electron chi connectivity index (χ2n) is 9.16. The maximum absolute atomic E-state index is 12.6. The summed E-state index contributed by atoms with van der Waals surface area (Å²) in [6, 6.07) is 5.01. The van der Waals surface area contributed by atoms with E-state index in [0.29, 0.717) is 50.9 Å². The van der Waals surface area contributed by atoms with Crippen molar-refractivity contribution in [1.82, 2.24) is 15.0 Å². The summed E-state index contributed by atoms with van der Waals surface area (Å²) < 4.78 is 28.5. The van der Waals surface area contributed by atoms with Crippen LogP contribution in [0.1, 0.15) is 54.8 Å². The predicted octanol–water partition coefficient (Wildman–Crippen LogP) is 2.63. The van der Waals surface area contributed by atoms with E-state index in [1.54, 1.807) is 23.7 Å². The smallest absolute Gasteiger partial charge is 0.337 e. The molecule has 0 fully saturated rings. The van der Waals surface area contributed by atoms with Gasteiger partial charge >= 0.3 is 5.97 Å². The number of benzene rings is 1. The molecule has 0 saturated heterocycles. The van der Waals surface area contributed by atoms with Gasteiger partial charge in [-0.1, -0.05) is 25.0 Å². The molecule has 1 aliphatic rings. The third-order valence-corrected chi connectivity index (χ3v) is 6.62. The van der Waals surface area contributed by atoms with Crippen LogP contribution in [0.3, 0.4) is 0 Å². The zero-order valence-electron chi connectivity index (χ0n) is 23.1. The Hall–Kier alpha value is -3.30. The number of carbonyl (C=O) groups excluding carboxylic acids is 2. The second kappa shape index (κ2) is 15.3. The number of amides is 1. The number of esters is 1. The van der Waals surface area contributed by atoms with Crippen LogP contribution in [0.25, 0.3) is 0 Å². The normalized spacial score (nSPS) is 18.4. The molecule has 1 aromatic carbocycles. The van der Waals surface area contributed by atoms with E-state index >= 15 is 0 Å². The zero-order valence-corrected chi connectivity index (χ0v) is 23.1. The van der Waals surface area contributed by atoms with Gasteiger partial charge in [-0.3, -0.25) is 4.79 Å². The fraction of sp³-hybridized carbons (Fsp3) is 0.571. The van der Waals surface area contributed by atoms with Gasteiger partial charge in [-0.2, -0.15) is 0 Å². The van der Waals surface area contributed by atoms with Gasteiger partial charge in [-0.05, 0) is 24.6 Å². The van der Waals surface area contributed by atoms with Crippen LogP contribution < -0.4 is 4.90 Å². The molecule has 2 aromatic rings. The van der Waals surface area contributed by atoms with Gasteiger partial charge in [0.25, 0.3) is 0 Å². The number of methoxy groups -OCH3 is 1. The van der Waals surface area contributed by atoms with Crippen molar-refractivity contribution in [2.75, 3.05) is 58.3 Å². The lowest BCUT2D eigenvalue weighted by Gasteiger charge is -2.44. The summed E-state index contributed by atoms with van der Waals surface area (Å²) in [4.78, 5) is 26.7. The molecule has 0 N–H and O–H groups in total. The number of carbonyl (C=O) groups is 2. The molecule has 212 valence electrons. The minimum Gasteiger partial charge on any atom is -0.465 e. The molecule has 11 heteroatoms. The quantitative estimate of drug-likeness (QED) is 0.190. The van der Waals surface area contributed by atoms with E-state index in [4.69, 9.17) is 30.1 Å². The lowest BCUT2D eigenvalue weighted by molar-refractivity contribution is -0.117. The van der Waals surface area contributed by atoms with Crippen LogP contribution in [-0.2, 0) is 35.1 Å². The molecule has 39 heavy (non-hydrogen) atoms. The Labute approximate surface area is 229 Å². The molecule has 0 aliphatic carbocycles. The van der Waals surface area contributed by atoms with Crippen molar-refractivity contribution in [2.24, 2.45) is 5.92 Å². The highest BCUT2D eigenvalue weighted by Gasteiger charge is 2.41. The number of terminal acetylenes is 1. The minimum absolute atomic E-state index is 0.00859. The average molecular weight is 543 g/mol. The highest BCUT2D eigenvalue weighted by atomic mass is 16.6. The molecule has 2 heterocycles. The standard InChI is InChI=1S/C28H38N4O7/c1-6-10-36-11-12-37-13-14-38-15-16-39-19-23-18-31(30-29-23)27-20(3)25(7-2)32(21(4)33)26-9-8-22(17-24(26)27)28(34)35-5/h1,8-9,17-18,20,25,27H,7,10-16,19H2,2-5H3/t20?,25-,27?/m0/s1. The Bertz CT molecular complexity index is 1130. The third-order valence-electron chi connectivity index (χ3n) is 6.62. The number of aromatic nitrogens is 3. The molecule has 11 nitrogen and oxygen atoms in total. The zero-order chi connectivity index (χ0) is 28.2. The Balaban J connectivity index is 1.60. The van der Waals surface area contributed by atoms with Crippen LogP contribution in [0.15, 0.2) is 24.4 Å². The van der Waals surface area contributed by atoms with Crippen LogP contribution in [0.2, 0.25) is 0 Å². The number of rotatable bonds is 15. The summed E-state index contributed by atoms with van der Waals surface area (Å²) in [7, 11) is 1.35. The molecule has 0 radical (unpaired) electrons. The Morgan fingerprint density at radius 1 is 1.05 bits per heavy atom. The van der Waals surface area contributed by atoms with Gasteiger partial charge in [0.1, 0.15) is 12.3 Å². The molecule has 3 rings (SSSR count). The van der Waals surface area contributed by atoms with Gasteiger partial charge in [0.05, 0.1) is 71.2 Å². The molecule has 1 aromatic heterocycles. The van der Waals surface area contributed by atoms with Gasteiger partial charge in [0.15, 0.2) is 0 Å². The molecular formula is C28H38N4O7. The van der Waals surface area contributed by atoms with Crippen LogP contribution >= 0.6 is 0 Å². The Morgan fingerprint density at radius 2 is 1.72 bits per heavy atom. The molecular weight excluding hydrogens is 504 g/mol. The van der Waals surface area contributed by atoms with Crippen molar-refractivity contribution < 1.29 is 33.3 Å². The second-order valence-corrected chi connectivity index (χ2v) is 9.16. The Morgan fingerprint density at radius 3 is 2.33 bits per heavy atom. The van der Waals surface area contributed by atoms with Crippen LogP contribution in [-0.4, -0.2) is 86.3 Å². The van der Waals surface area contributed by atoms with E-state index in [9.17, 15) is 9.59 Å². The summed E-state index contributed by atoms with van der Waals surface area (Å²) in [5.41, 5.74) is 2.67. The van der Waals surface area contributed by atoms with Crippen LogP contribution in [0.4, 0.5) is 5.69 Å². The maximum Gasteiger partial charge on any atom is 0.337 e. The number of nitrogens with zero attached hydrogens (tertiary/aromatic N) is 4. The van der Waals surface area contributed by atoms with Crippen molar-refractivity contribution in [3.8, 4) is 12.3 Å². The molecule has 0 spiro atoms. The number of ether oxygens (including phenoxy) is 5. The van der Waals surface area contributed by atoms with Gasteiger partial charge in [0.2, 0.25) is 5.91 Å². The van der Waals surface area contributed by atoms with E-state index in [1.165, 1.54) is 7.11 Å². The van der Waals surface area contributed by atoms with Crippen molar-refractivity contribution in [3.05, 3.63) is 41.2 Å². The monoisotopic (exact) mass is 542 g/mol. The largest absolute Gasteiger partial charge is 0.465 e. The van der Waals surface area contributed by atoms with E-state index in [2.05, 4.69) is 30.1 Å². The van der Waals surface area contributed by atoms with Crippen LogP contribution in [0.5, 0.6) is 0 Å². The van der Waals surface area contributed by atoms with Gasteiger partial charge in [-0.15, -0.1) is 11.5 Å². The average Bonchev–Trinajstić information content (AvgIpc) is 3.40. The van der Waals surface area contributed by atoms with Gasteiger partial charge < -0.3 is 28.6 Å². The fourth-order valence-corrected chi connectivity index (χ4v) is 4.88. The lowest BCUT2D eigenvalue weighted by atomic mass is 9.80. The number of fused-ring (bicyclic) bond motifs is 1. The molecule has 2 unspecified atom stereocenters. The van der Waals surface area contributed by atoms with E-state index in [0.717, 1.165) is 17.7 Å². The van der Waals surface area contributed by atoms with E-state index in [1.807, 2.05) is 17.2 Å². The van der Waals surface area contributed by atoms with Gasteiger partial charge in [0, 0.05) is 30.1 Å². The summed E-state index contributed by atoms with van der Waals surface area (Å²) in [5.74, 6) is 1.92. The molecule has 0 saturated carbocycles. The first-order valence-electron chi connectivity index (χ1n) is 13.1. The predicted molar refractivity (Wildman–Crippen MR) is 143 cm³/mol. The van der Waals surface area contributed by atoms with E-state index < -0.39 is 5.97 Å². The molecule has 1 amide bonds. The van der Waals surface area contributed by atoms with Gasteiger partial charge in [-0.25, -0.2) is 9.48 Å². The number of hydrogen-bond donors (Lipinski definition) is 0. The number of hydrogen-bond acceptors (Lipinski definition) is 9. The molecule has 3 atom stereocenters. The van der Waals surface area contributed by atoms with E-state index in [-0.39, 0.29) is 37.1 Å². The van der Waals surface area contributed by atoms with Crippen molar-refractivity contribution in [3.63, 3.8) is 0 Å². The fourth-order valence-electron chi connectivity index (χ4n) is 4.88. The highest BCUT2D eigenvalue weighted by molar-refractivity contribution is 5.96. The van der Waals surface area contributed by atoms with Crippen molar-refractivity contribution >= 4 is 17.6 Å². The minimum atomic E-state index is -0.438. The first kappa shape index (κ1) is 30.2. The Kier molecular flexibility index (Phi) is 11.9. The summed E-state index contributed by atoms with van der Waals surface area (Å²) in [6.07, 6.45) is 7.72. The lowest BCUT2D eigenvalue weighted by Crippen LogP contribution is -2.49. The summed E-state index contributed by atoms with van der Waals surface area (Å²) >= 11 is 0. The SMILES string of the molecule is C#CCOCCOCCOCCOCc1cn(C2c3cc(C(=O)OC)ccc3N(C(C)=O)[C@@H](CC)C2C)nn1. The first-order chi connectivity index (χ1) is 18.9. The third kappa shape index (κ3) is 7.86. The first-order valence-corrected chi connectivity index (χ1v) is 13.1. The number of anilines is 1. The maximum atomic E-state index is 12.6. The van der Waals surface area contributed by atoms with Crippen LogP contribution in [0, 0.1) is 18.3 Å². The van der Waals surface area contributed by atoms with Crippen molar-refractivity contribution in [2.45, 2.75) is 45.9 Å². The molecule has 0 bridgehead atoms. The topological polar surface area (TPSA) is 114 Å². The summed E-state index contributed by atoms with van der Waals surface area (Å²) in [5, 5.41) is 8.69. The molecule has 1 aliphatic heterocycles. The van der Waals surface area contributed by atoms with Crippen molar-refractivity contribution in [1.29, 1.82) is 0 Å². The highest BCUT2D eigenvalue weighted by Crippen LogP contribution is 2.44. The summed E-state index contributed by atoms with van der Waals surface area (Å²) in [6.45, 7) is 8.94.